The average molecular weight is 522 g/mol. The van der Waals surface area contributed by atoms with E-state index >= 15 is 0 Å². The normalized spacial score (nSPS) is 11.6. The first kappa shape index (κ1) is 24.9. The molecule has 0 unspecified atom stereocenters. The van der Waals surface area contributed by atoms with Crippen LogP contribution in [-0.4, -0.2) is 62.8 Å². The van der Waals surface area contributed by atoms with Gasteiger partial charge >= 0.3 is 18.3 Å². The maximum absolute atomic E-state index is 12.5. The summed E-state index contributed by atoms with van der Waals surface area (Å²) in [7, 11) is 0. The van der Waals surface area contributed by atoms with E-state index in [1.54, 1.807) is 47.6 Å². The average Bonchev–Trinajstić information content (AvgIpc) is 2.52. The molecule has 0 atom stereocenters. The van der Waals surface area contributed by atoms with Gasteiger partial charge in [0.05, 0.1) is 0 Å². The molecule has 0 fully saturated rings. The van der Waals surface area contributed by atoms with Gasteiger partial charge in [0.1, 0.15) is 14.9 Å². The standard InChI is InChI=1S/C18H27IN4O6/c1-17(2,3)28-15(26)23(16(27)29-18(4,5)6)11-7-10-22(14(24)25)13-9-8-12(19)20-21-13/h8-9H,7,10-11H2,1-6H3,(H,24,25). The number of carboxylic acid groups (broad SMARTS) is 1. The van der Waals surface area contributed by atoms with Gasteiger partial charge in [-0.3, -0.25) is 4.90 Å². The van der Waals surface area contributed by atoms with E-state index in [0.717, 1.165) is 9.80 Å². The second-order valence-electron chi connectivity index (χ2n) is 8.11. The molecule has 1 rings (SSSR count). The van der Waals surface area contributed by atoms with E-state index in [0.29, 0.717) is 3.70 Å². The molecule has 29 heavy (non-hydrogen) atoms. The maximum atomic E-state index is 12.5. The maximum Gasteiger partial charge on any atom is 0.419 e. The zero-order chi connectivity index (χ0) is 22.4. The molecule has 3 amide bonds. The number of imide groups is 1. The van der Waals surface area contributed by atoms with Gasteiger partial charge in [0.25, 0.3) is 0 Å². The lowest BCUT2D eigenvalue weighted by molar-refractivity contribution is 0.00142. The van der Waals surface area contributed by atoms with Gasteiger partial charge in [0, 0.05) is 13.1 Å². The fourth-order valence-electron chi connectivity index (χ4n) is 2.04. The van der Waals surface area contributed by atoms with Crippen molar-refractivity contribution in [3.05, 3.63) is 15.8 Å². The number of rotatable bonds is 5. The number of carbonyl (C=O) groups is 3. The Labute approximate surface area is 183 Å². The Balaban J connectivity index is 2.89. The van der Waals surface area contributed by atoms with Crippen molar-refractivity contribution in [2.24, 2.45) is 0 Å². The lowest BCUT2D eigenvalue weighted by Crippen LogP contribution is -2.45. The number of carbonyl (C=O) groups excluding carboxylic acids is 2. The molecule has 0 aliphatic heterocycles. The molecule has 0 aromatic carbocycles. The minimum atomic E-state index is -1.22. The number of nitrogens with zero attached hydrogens (tertiary/aromatic N) is 4. The molecule has 0 bridgehead atoms. The second kappa shape index (κ2) is 10.0. The fraction of sp³-hybridized carbons (Fsp3) is 0.611. The third-order valence-corrected chi connectivity index (χ3v) is 3.69. The summed E-state index contributed by atoms with van der Waals surface area (Å²) in [5, 5.41) is 17.1. The van der Waals surface area contributed by atoms with Crippen molar-refractivity contribution < 1.29 is 29.0 Å². The molecular formula is C18H27IN4O6. The number of amides is 3. The number of ether oxygens (including phenoxy) is 2. The van der Waals surface area contributed by atoms with Gasteiger partial charge < -0.3 is 14.6 Å². The summed E-state index contributed by atoms with van der Waals surface area (Å²) in [6, 6.07) is 3.16. The van der Waals surface area contributed by atoms with Crippen LogP contribution in [0.1, 0.15) is 48.0 Å². The first-order valence-corrected chi connectivity index (χ1v) is 10.0. The highest BCUT2D eigenvalue weighted by atomic mass is 127. The van der Waals surface area contributed by atoms with Crippen molar-refractivity contribution >= 4 is 46.7 Å². The van der Waals surface area contributed by atoms with Gasteiger partial charge in [-0.15, -0.1) is 10.2 Å². The minimum Gasteiger partial charge on any atom is -0.465 e. The van der Waals surface area contributed by atoms with Crippen LogP contribution in [0.3, 0.4) is 0 Å². The molecule has 11 heteroatoms. The van der Waals surface area contributed by atoms with Crippen molar-refractivity contribution in [1.82, 2.24) is 15.1 Å². The number of anilines is 1. The predicted molar refractivity (Wildman–Crippen MR) is 114 cm³/mol. The minimum absolute atomic E-state index is 0.00724. The van der Waals surface area contributed by atoms with Gasteiger partial charge in [-0.2, -0.15) is 0 Å². The van der Waals surface area contributed by atoms with Crippen LogP contribution in [-0.2, 0) is 9.47 Å². The van der Waals surface area contributed by atoms with E-state index in [1.165, 1.54) is 6.07 Å². The largest absolute Gasteiger partial charge is 0.465 e. The molecule has 1 aromatic rings. The van der Waals surface area contributed by atoms with Crippen LogP contribution in [0.4, 0.5) is 20.2 Å². The van der Waals surface area contributed by atoms with E-state index in [-0.39, 0.29) is 25.3 Å². The van der Waals surface area contributed by atoms with Crippen LogP contribution >= 0.6 is 22.6 Å². The first-order valence-electron chi connectivity index (χ1n) is 8.93. The van der Waals surface area contributed by atoms with Crippen molar-refractivity contribution in [3.8, 4) is 0 Å². The molecule has 0 aliphatic rings. The summed E-state index contributed by atoms with van der Waals surface area (Å²) in [5.74, 6) is 0.152. The quantitative estimate of drug-likeness (QED) is 0.573. The molecule has 0 spiro atoms. The van der Waals surface area contributed by atoms with Crippen molar-refractivity contribution in [1.29, 1.82) is 0 Å². The Morgan fingerprint density at radius 2 is 1.48 bits per heavy atom. The topological polar surface area (TPSA) is 122 Å². The molecule has 0 saturated heterocycles. The van der Waals surface area contributed by atoms with Crippen LogP contribution in [0.15, 0.2) is 12.1 Å². The lowest BCUT2D eigenvalue weighted by Gasteiger charge is -2.29. The smallest absolute Gasteiger partial charge is 0.419 e. The van der Waals surface area contributed by atoms with Crippen LogP contribution in [0, 0.1) is 3.70 Å². The number of halogens is 1. The van der Waals surface area contributed by atoms with Gasteiger partial charge in [0.15, 0.2) is 5.82 Å². The highest BCUT2D eigenvalue weighted by Gasteiger charge is 2.31. The van der Waals surface area contributed by atoms with Gasteiger partial charge in [0.2, 0.25) is 0 Å². The van der Waals surface area contributed by atoms with Crippen molar-refractivity contribution in [3.63, 3.8) is 0 Å². The summed E-state index contributed by atoms with van der Waals surface area (Å²) >= 11 is 1.96. The molecule has 1 heterocycles. The van der Waals surface area contributed by atoms with Crippen molar-refractivity contribution in [2.75, 3.05) is 18.0 Å². The van der Waals surface area contributed by atoms with Gasteiger partial charge in [-0.05, 0) is 82.7 Å². The van der Waals surface area contributed by atoms with E-state index in [4.69, 9.17) is 9.47 Å². The van der Waals surface area contributed by atoms with Crippen LogP contribution in [0.5, 0.6) is 0 Å². The Morgan fingerprint density at radius 3 is 1.86 bits per heavy atom. The summed E-state index contributed by atoms with van der Waals surface area (Å²) in [6.45, 7) is 9.98. The van der Waals surface area contributed by atoms with Crippen LogP contribution in [0.25, 0.3) is 0 Å². The van der Waals surface area contributed by atoms with Crippen LogP contribution < -0.4 is 4.90 Å². The predicted octanol–water partition coefficient (Wildman–Crippen LogP) is 4.13. The van der Waals surface area contributed by atoms with E-state index in [1.807, 2.05) is 22.6 Å². The van der Waals surface area contributed by atoms with E-state index in [9.17, 15) is 19.5 Å². The third kappa shape index (κ3) is 9.24. The molecule has 1 aromatic heterocycles. The summed E-state index contributed by atoms with van der Waals surface area (Å²) in [6.07, 6.45) is -2.79. The molecule has 0 aliphatic carbocycles. The van der Waals surface area contributed by atoms with E-state index < -0.39 is 29.5 Å². The third-order valence-electron chi connectivity index (χ3n) is 3.12. The van der Waals surface area contributed by atoms with Crippen LogP contribution in [0.2, 0.25) is 0 Å². The Morgan fingerprint density at radius 1 is 0.966 bits per heavy atom. The summed E-state index contributed by atoms with van der Waals surface area (Å²) < 4.78 is 11.2. The Kier molecular flexibility index (Phi) is 8.60. The number of hydrogen-bond donors (Lipinski definition) is 1. The SMILES string of the molecule is CC(C)(C)OC(=O)N(CCCN(C(=O)O)c1ccc(I)nn1)C(=O)OC(C)(C)C. The molecule has 10 nitrogen and oxygen atoms in total. The monoisotopic (exact) mass is 522 g/mol. The summed E-state index contributed by atoms with van der Waals surface area (Å²) in [5.41, 5.74) is -1.61. The molecule has 0 saturated carbocycles. The Hall–Kier alpha value is -2.18. The summed E-state index contributed by atoms with van der Waals surface area (Å²) in [4.78, 5) is 38.3. The Bertz CT molecular complexity index is 699. The van der Waals surface area contributed by atoms with Crippen molar-refractivity contribution in [2.45, 2.75) is 59.2 Å². The van der Waals surface area contributed by atoms with Gasteiger partial charge in [-0.25, -0.2) is 19.3 Å². The highest BCUT2D eigenvalue weighted by Crippen LogP contribution is 2.16. The highest BCUT2D eigenvalue weighted by molar-refractivity contribution is 14.1. The fourth-order valence-corrected chi connectivity index (χ4v) is 2.33. The lowest BCUT2D eigenvalue weighted by atomic mass is 10.2. The number of hydrogen-bond acceptors (Lipinski definition) is 7. The number of aromatic nitrogens is 2. The molecule has 1 N–H and O–H groups in total. The molecular weight excluding hydrogens is 495 g/mol. The molecule has 162 valence electrons. The second-order valence-corrected chi connectivity index (χ2v) is 9.22. The first-order chi connectivity index (χ1) is 13.2. The van der Waals surface area contributed by atoms with Gasteiger partial charge in [-0.1, -0.05) is 0 Å². The molecule has 0 radical (unpaired) electrons. The zero-order valence-corrected chi connectivity index (χ0v) is 19.6. The zero-order valence-electron chi connectivity index (χ0n) is 17.4. The van der Waals surface area contributed by atoms with E-state index in [2.05, 4.69) is 10.2 Å².